The second-order valence-corrected chi connectivity index (χ2v) is 8.11. The summed E-state index contributed by atoms with van der Waals surface area (Å²) in [6.45, 7) is 6.54. The first-order valence-electron chi connectivity index (χ1n) is 10.9. The van der Waals surface area contributed by atoms with Crippen molar-refractivity contribution in [2.75, 3.05) is 6.54 Å². The third-order valence-corrected chi connectivity index (χ3v) is 6.14. The third-order valence-electron chi connectivity index (χ3n) is 6.14. The van der Waals surface area contributed by atoms with Crippen LogP contribution in [0.25, 0.3) is 16.7 Å². The Morgan fingerprint density at radius 2 is 1.77 bits per heavy atom. The first kappa shape index (κ1) is 20.9. The predicted octanol–water partition coefficient (Wildman–Crippen LogP) is 5.26. The van der Waals surface area contributed by atoms with Crippen LogP contribution in [-0.4, -0.2) is 33.2 Å². The van der Waals surface area contributed by atoms with Crippen molar-refractivity contribution in [2.24, 2.45) is 0 Å². The van der Waals surface area contributed by atoms with Crippen molar-refractivity contribution in [3.63, 3.8) is 0 Å². The minimum absolute atomic E-state index is 0.116. The summed E-state index contributed by atoms with van der Waals surface area (Å²) in [5.41, 5.74) is 4.57. The Balaban J connectivity index is 1.94. The number of amides is 1. The number of aliphatic hydroxyl groups is 1. The van der Waals surface area contributed by atoms with Gasteiger partial charge in [0.15, 0.2) is 0 Å². The number of fused-ring (bicyclic) bond motifs is 1. The van der Waals surface area contributed by atoms with Gasteiger partial charge in [0.25, 0.3) is 11.7 Å². The minimum atomic E-state index is -0.622. The highest BCUT2D eigenvalue weighted by Gasteiger charge is 2.47. The summed E-state index contributed by atoms with van der Waals surface area (Å²) in [6.07, 6.45) is 2.58. The molecule has 31 heavy (non-hydrogen) atoms. The van der Waals surface area contributed by atoms with Gasteiger partial charge in [0.05, 0.1) is 11.6 Å². The molecule has 160 valence electrons. The van der Waals surface area contributed by atoms with Gasteiger partial charge < -0.3 is 15.0 Å². The van der Waals surface area contributed by atoms with Gasteiger partial charge in [0, 0.05) is 34.3 Å². The number of Topliss-reactive ketones (excluding diaryl/α,β-unsaturated/α-hetero) is 1. The SMILES string of the molecule is CCCCN1C(=O)C(=O)/C(=C(/O)c2ccc(CC)cc2)C1c1c(C)[nH]c2ccccc12. The summed E-state index contributed by atoms with van der Waals surface area (Å²) in [6, 6.07) is 14.7. The van der Waals surface area contributed by atoms with E-state index in [4.69, 9.17) is 0 Å². The van der Waals surface area contributed by atoms with Crippen molar-refractivity contribution in [2.45, 2.75) is 46.1 Å². The normalized spacial score (nSPS) is 18.3. The fraction of sp³-hybridized carbons (Fsp3) is 0.308. The Hall–Kier alpha value is -3.34. The molecule has 3 aromatic rings. The quantitative estimate of drug-likeness (QED) is 0.327. The molecular weight excluding hydrogens is 388 g/mol. The van der Waals surface area contributed by atoms with Crippen molar-refractivity contribution in [1.29, 1.82) is 0 Å². The number of ketones is 1. The molecule has 2 aromatic carbocycles. The molecule has 0 radical (unpaired) electrons. The lowest BCUT2D eigenvalue weighted by Crippen LogP contribution is -2.30. The van der Waals surface area contributed by atoms with Gasteiger partial charge in [-0.1, -0.05) is 62.7 Å². The maximum Gasteiger partial charge on any atom is 0.295 e. The molecule has 0 spiro atoms. The molecule has 2 N–H and O–H groups in total. The molecule has 1 saturated heterocycles. The van der Waals surface area contributed by atoms with E-state index < -0.39 is 17.7 Å². The van der Waals surface area contributed by atoms with Crippen LogP contribution in [0.2, 0.25) is 0 Å². The maximum atomic E-state index is 13.2. The van der Waals surface area contributed by atoms with Crippen molar-refractivity contribution in [3.8, 4) is 0 Å². The predicted molar refractivity (Wildman–Crippen MR) is 123 cm³/mol. The zero-order chi connectivity index (χ0) is 22.1. The number of aryl methyl sites for hydroxylation is 2. The summed E-state index contributed by atoms with van der Waals surface area (Å²) < 4.78 is 0. The summed E-state index contributed by atoms with van der Waals surface area (Å²) in [5, 5.41) is 12.2. The Labute approximate surface area is 182 Å². The molecule has 2 heterocycles. The molecule has 1 atom stereocenters. The Morgan fingerprint density at radius 3 is 2.45 bits per heavy atom. The lowest BCUT2D eigenvalue weighted by Gasteiger charge is -2.25. The third kappa shape index (κ3) is 3.54. The number of likely N-dealkylation sites (tertiary alicyclic amines) is 1. The fourth-order valence-corrected chi connectivity index (χ4v) is 4.44. The number of carbonyl (C=O) groups excluding carboxylic acids is 2. The molecule has 1 unspecified atom stereocenters. The van der Waals surface area contributed by atoms with E-state index in [9.17, 15) is 14.7 Å². The highest BCUT2D eigenvalue weighted by Crippen LogP contribution is 2.43. The van der Waals surface area contributed by atoms with E-state index in [2.05, 4.69) is 18.8 Å². The number of nitrogens with one attached hydrogen (secondary N) is 1. The standard InChI is InChI=1S/C26H28N2O3/c1-4-6-15-28-23(21-16(3)27-20-10-8-7-9-19(20)21)22(25(30)26(28)31)24(29)18-13-11-17(5-2)12-14-18/h7-14,23,27,29H,4-6,15H2,1-3H3/b24-22+. The van der Waals surface area contributed by atoms with Gasteiger partial charge in [-0.25, -0.2) is 0 Å². The van der Waals surface area contributed by atoms with E-state index >= 15 is 0 Å². The molecule has 1 aliphatic heterocycles. The molecule has 0 aliphatic carbocycles. The molecule has 1 fully saturated rings. The van der Waals surface area contributed by atoms with Gasteiger partial charge in [0.1, 0.15) is 5.76 Å². The number of aromatic nitrogens is 1. The molecule has 1 aromatic heterocycles. The first-order chi connectivity index (χ1) is 15.0. The smallest absolute Gasteiger partial charge is 0.295 e. The fourth-order valence-electron chi connectivity index (χ4n) is 4.44. The number of hydrogen-bond donors (Lipinski definition) is 2. The summed E-state index contributed by atoms with van der Waals surface area (Å²) in [7, 11) is 0. The number of hydrogen-bond acceptors (Lipinski definition) is 3. The molecule has 4 rings (SSSR count). The summed E-state index contributed by atoms with van der Waals surface area (Å²) >= 11 is 0. The summed E-state index contributed by atoms with van der Waals surface area (Å²) in [5.74, 6) is -1.28. The molecule has 1 aliphatic rings. The number of aliphatic hydroxyl groups excluding tert-OH is 1. The van der Waals surface area contributed by atoms with Gasteiger partial charge in [0.2, 0.25) is 0 Å². The number of para-hydroxylation sites is 1. The largest absolute Gasteiger partial charge is 0.507 e. The number of benzene rings is 2. The Kier molecular flexibility index (Phi) is 5.68. The molecule has 5 heteroatoms. The van der Waals surface area contributed by atoms with E-state index in [0.717, 1.165) is 47.0 Å². The average molecular weight is 417 g/mol. The number of rotatable bonds is 6. The van der Waals surface area contributed by atoms with Crippen molar-refractivity contribution in [1.82, 2.24) is 9.88 Å². The van der Waals surface area contributed by atoms with E-state index in [0.29, 0.717) is 12.1 Å². The van der Waals surface area contributed by atoms with Crippen LogP contribution in [0.15, 0.2) is 54.1 Å². The van der Waals surface area contributed by atoms with Crippen LogP contribution in [0.4, 0.5) is 0 Å². The zero-order valence-corrected chi connectivity index (χ0v) is 18.2. The van der Waals surface area contributed by atoms with Gasteiger partial charge in [-0.2, -0.15) is 0 Å². The Morgan fingerprint density at radius 1 is 1.06 bits per heavy atom. The van der Waals surface area contributed by atoms with Crippen LogP contribution in [0, 0.1) is 6.92 Å². The maximum absolute atomic E-state index is 13.2. The van der Waals surface area contributed by atoms with Crippen LogP contribution in [-0.2, 0) is 16.0 Å². The topological polar surface area (TPSA) is 73.4 Å². The van der Waals surface area contributed by atoms with Crippen LogP contribution in [0.5, 0.6) is 0 Å². The second-order valence-electron chi connectivity index (χ2n) is 8.11. The number of unbranched alkanes of at least 4 members (excludes halogenated alkanes) is 1. The lowest BCUT2D eigenvalue weighted by atomic mass is 9.93. The minimum Gasteiger partial charge on any atom is -0.507 e. The lowest BCUT2D eigenvalue weighted by molar-refractivity contribution is -0.139. The van der Waals surface area contributed by atoms with Gasteiger partial charge in [-0.3, -0.25) is 9.59 Å². The number of carbonyl (C=O) groups is 2. The highest BCUT2D eigenvalue weighted by atomic mass is 16.3. The van der Waals surface area contributed by atoms with Crippen molar-refractivity contribution < 1.29 is 14.7 Å². The number of nitrogens with zero attached hydrogens (tertiary/aromatic N) is 1. The van der Waals surface area contributed by atoms with Crippen molar-refractivity contribution in [3.05, 3.63) is 76.5 Å². The van der Waals surface area contributed by atoms with Crippen molar-refractivity contribution >= 4 is 28.4 Å². The van der Waals surface area contributed by atoms with Crippen LogP contribution in [0.3, 0.4) is 0 Å². The number of aromatic amines is 1. The average Bonchev–Trinajstić information content (AvgIpc) is 3.24. The van der Waals surface area contributed by atoms with E-state index in [-0.39, 0.29) is 11.3 Å². The first-order valence-corrected chi connectivity index (χ1v) is 10.9. The number of H-pyrrole nitrogens is 1. The van der Waals surface area contributed by atoms with Gasteiger partial charge in [-0.05, 0) is 31.4 Å². The van der Waals surface area contributed by atoms with Gasteiger partial charge >= 0.3 is 0 Å². The van der Waals surface area contributed by atoms with E-state index in [1.807, 2.05) is 55.5 Å². The molecule has 1 amide bonds. The highest BCUT2D eigenvalue weighted by molar-refractivity contribution is 6.46. The molecule has 0 saturated carbocycles. The summed E-state index contributed by atoms with van der Waals surface area (Å²) in [4.78, 5) is 31.2. The monoisotopic (exact) mass is 416 g/mol. The second kappa shape index (κ2) is 8.42. The van der Waals surface area contributed by atoms with Gasteiger partial charge in [-0.15, -0.1) is 0 Å². The molecular formula is C26H28N2O3. The Bertz CT molecular complexity index is 1170. The van der Waals surface area contributed by atoms with Crippen LogP contribution in [0.1, 0.15) is 55.1 Å². The van der Waals surface area contributed by atoms with E-state index in [1.165, 1.54) is 0 Å². The van der Waals surface area contributed by atoms with Crippen LogP contribution >= 0.6 is 0 Å². The molecule has 0 bridgehead atoms. The van der Waals surface area contributed by atoms with Crippen LogP contribution < -0.4 is 0 Å². The zero-order valence-electron chi connectivity index (χ0n) is 18.2. The molecule has 5 nitrogen and oxygen atoms in total. The van der Waals surface area contributed by atoms with E-state index in [1.54, 1.807) is 4.90 Å².